The van der Waals surface area contributed by atoms with Gasteiger partial charge >= 0.3 is 6.18 Å². The highest BCUT2D eigenvalue weighted by molar-refractivity contribution is 8.00. The SMILES string of the molecule is CC[C@H](N)C(=O)C[C@H](CSC(c1ccccc1)(c1ccccc1)c1ccccc1)C(N)=O.NC(=O)[C@@H](CS)CC(=O)[C@@H](N)CS.O=CC(F)(F)F. The van der Waals surface area contributed by atoms with Gasteiger partial charge in [0.05, 0.1) is 28.7 Å². The van der Waals surface area contributed by atoms with Crippen molar-refractivity contribution in [2.75, 3.05) is 17.3 Å². The Kier molecular flexibility index (Phi) is 20.5. The fourth-order valence-corrected chi connectivity index (χ4v) is 6.76. The molecule has 0 spiro atoms. The molecule has 3 aromatic carbocycles. The van der Waals surface area contributed by atoms with E-state index in [-0.39, 0.29) is 35.9 Å². The number of carbonyl (C=O) groups excluding carboxylic acids is 5. The third kappa shape index (κ3) is 15.3. The number of aldehydes is 1. The first kappa shape index (κ1) is 45.4. The molecule has 0 aliphatic heterocycles. The second kappa shape index (κ2) is 23.0. The number of thiol groups is 2. The van der Waals surface area contributed by atoms with Crippen LogP contribution in [0.4, 0.5) is 13.2 Å². The molecule has 0 radical (unpaired) electrons. The van der Waals surface area contributed by atoms with Crippen LogP contribution in [0.3, 0.4) is 0 Å². The normalized spacial score (nSPS) is 13.5. The van der Waals surface area contributed by atoms with Crippen LogP contribution in [0.5, 0.6) is 0 Å². The Hall–Kier alpha value is -3.63. The second-order valence-corrected chi connectivity index (χ2v) is 13.2. The molecular formula is C36H45F3N4O5S3. The summed E-state index contributed by atoms with van der Waals surface area (Å²) < 4.78 is 30.7. The lowest BCUT2D eigenvalue weighted by Gasteiger charge is -2.36. The number of Topliss-reactive ketones (excluding diaryl/α,β-unsaturated/α-hetero) is 2. The van der Waals surface area contributed by atoms with Gasteiger partial charge in [-0.1, -0.05) is 97.9 Å². The summed E-state index contributed by atoms with van der Waals surface area (Å²) in [6.45, 7) is 1.86. The van der Waals surface area contributed by atoms with Crippen LogP contribution >= 0.6 is 37.0 Å². The summed E-state index contributed by atoms with van der Waals surface area (Å²) in [5.74, 6) is -1.50. The molecule has 0 heterocycles. The third-order valence-corrected chi connectivity index (χ3v) is 10.1. The topological polar surface area (TPSA) is 189 Å². The van der Waals surface area contributed by atoms with Crippen molar-refractivity contribution in [3.05, 3.63) is 108 Å². The van der Waals surface area contributed by atoms with E-state index in [0.29, 0.717) is 12.2 Å². The number of hydrogen-bond acceptors (Lipinski definition) is 10. The largest absolute Gasteiger partial charge is 0.446 e. The number of halogens is 3. The highest BCUT2D eigenvalue weighted by Gasteiger charge is 2.38. The minimum atomic E-state index is -4.64. The van der Waals surface area contributed by atoms with Gasteiger partial charge in [0.1, 0.15) is 5.78 Å². The lowest BCUT2D eigenvalue weighted by atomic mass is 9.84. The van der Waals surface area contributed by atoms with Gasteiger partial charge in [0.2, 0.25) is 18.1 Å². The maximum atomic E-state index is 12.5. The summed E-state index contributed by atoms with van der Waals surface area (Å²) in [6, 6.07) is 29.5. The lowest BCUT2D eigenvalue weighted by Crippen LogP contribution is -2.36. The van der Waals surface area contributed by atoms with Gasteiger partial charge in [-0.3, -0.25) is 24.0 Å². The molecule has 51 heavy (non-hydrogen) atoms. The minimum absolute atomic E-state index is 0.0561. The van der Waals surface area contributed by atoms with E-state index in [1.807, 2.05) is 61.5 Å². The number of amides is 2. The molecule has 4 atom stereocenters. The summed E-state index contributed by atoms with van der Waals surface area (Å²) in [5.41, 5.74) is 25.4. The molecule has 0 aliphatic carbocycles. The van der Waals surface area contributed by atoms with E-state index in [0.717, 1.165) is 16.7 Å². The van der Waals surface area contributed by atoms with E-state index in [1.165, 1.54) is 0 Å². The van der Waals surface area contributed by atoms with E-state index >= 15 is 0 Å². The maximum absolute atomic E-state index is 12.5. The summed E-state index contributed by atoms with van der Waals surface area (Å²) >= 11 is 9.42. The molecule has 0 unspecified atom stereocenters. The predicted molar refractivity (Wildman–Crippen MR) is 202 cm³/mol. The molecule has 0 fully saturated rings. The molecule has 0 saturated carbocycles. The molecule has 3 rings (SSSR count). The zero-order valence-corrected chi connectivity index (χ0v) is 30.7. The molecule has 8 N–H and O–H groups in total. The number of benzene rings is 3. The van der Waals surface area contributed by atoms with Crippen molar-refractivity contribution in [1.82, 2.24) is 0 Å². The van der Waals surface area contributed by atoms with Gasteiger partial charge in [0, 0.05) is 30.1 Å². The standard InChI is InChI=1S/C27H30N2O2S.C7H14N2O2S2.C2HF3O/c1-2-24(28)25(30)18-20(26(29)31)19-32-27(21-12-6-3-7-13-21,22-14-8-4-9-15-22)23-16-10-5-11-17-23;8-5(3-13)6(10)1-4(2-12)7(9)11;3-2(4,5)1-6/h3-17,20,24H,2,18-19,28H2,1H3,(H2,29,31);4-5,12-13H,1-3,8H2,(H2,9,11);1H/t20-,24+;4-,5+;/m11./s1. The molecule has 0 aliphatic rings. The Bertz CT molecular complexity index is 1420. The Morgan fingerprint density at radius 1 is 0.686 bits per heavy atom. The fraction of sp³-hybridized carbons (Fsp3) is 0.361. The molecular weight excluding hydrogens is 722 g/mol. The molecule has 0 saturated heterocycles. The summed E-state index contributed by atoms with van der Waals surface area (Å²) in [7, 11) is 0. The molecule has 0 aromatic heterocycles. The zero-order chi connectivity index (χ0) is 38.6. The van der Waals surface area contributed by atoms with Gasteiger partial charge < -0.3 is 22.9 Å². The fourth-order valence-electron chi connectivity index (χ4n) is 4.61. The van der Waals surface area contributed by atoms with Crippen molar-refractivity contribution in [2.45, 2.75) is 49.2 Å². The van der Waals surface area contributed by atoms with Crippen molar-refractivity contribution >= 4 is 66.7 Å². The van der Waals surface area contributed by atoms with Crippen molar-refractivity contribution in [2.24, 2.45) is 34.8 Å². The van der Waals surface area contributed by atoms with Gasteiger partial charge in [0.25, 0.3) is 0 Å². The maximum Gasteiger partial charge on any atom is 0.446 e. The van der Waals surface area contributed by atoms with Crippen molar-refractivity contribution in [3.63, 3.8) is 0 Å². The predicted octanol–water partition coefficient (Wildman–Crippen LogP) is 4.49. The number of alkyl halides is 3. The molecule has 15 heteroatoms. The van der Waals surface area contributed by atoms with Crippen LogP contribution in [0.2, 0.25) is 0 Å². The van der Waals surface area contributed by atoms with Crippen LogP contribution in [0, 0.1) is 11.8 Å². The molecule has 9 nitrogen and oxygen atoms in total. The first-order chi connectivity index (χ1) is 24.1. The first-order valence-corrected chi connectivity index (χ1v) is 18.0. The van der Waals surface area contributed by atoms with Crippen molar-refractivity contribution in [1.29, 1.82) is 0 Å². The Morgan fingerprint density at radius 3 is 1.33 bits per heavy atom. The number of ketones is 2. The first-order valence-electron chi connectivity index (χ1n) is 15.8. The van der Waals surface area contributed by atoms with E-state index in [1.54, 1.807) is 11.8 Å². The van der Waals surface area contributed by atoms with E-state index in [4.69, 9.17) is 27.7 Å². The second-order valence-electron chi connectivity index (χ2n) is 11.3. The number of rotatable bonds is 17. The molecule has 278 valence electrons. The minimum Gasteiger partial charge on any atom is -0.369 e. The average molecular weight is 767 g/mol. The smallest absolute Gasteiger partial charge is 0.369 e. The Morgan fingerprint density at radius 2 is 1.04 bits per heavy atom. The summed E-state index contributed by atoms with van der Waals surface area (Å²) in [5, 5.41) is 0. The molecule has 2 amide bonds. The number of nitrogens with two attached hydrogens (primary N) is 4. The lowest BCUT2D eigenvalue weighted by molar-refractivity contribution is -0.156. The Balaban J connectivity index is 0.000000565. The van der Waals surface area contributed by atoms with E-state index in [2.05, 4.69) is 61.7 Å². The number of primary amides is 2. The van der Waals surface area contributed by atoms with Gasteiger partial charge in [-0.05, 0) is 23.1 Å². The van der Waals surface area contributed by atoms with E-state index < -0.39 is 52.9 Å². The monoisotopic (exact) mass is 766 g/mol. The van der Waals surface area contributed by atoms with Crippen LogP contribution in [-0.2, 0) is 28.7 Å². The van der Waals surface area contributed by atoms with Crippen LogP contribution in [0.25, 0.3) is 0 Å². The van der Waals surface area contributed by atoms with Gasteiger partial charge in [-0.25, -0.2) is 0 Å². The van der Waals surface area contributed by atoms with Crippen molar-refractivity contribution in [3.8, 4) is 0 Å². The van der Waals surface area contributed by atoms with E-state index in [9.17, 15) is 32.3 Å². The molecule has 0 bridgehead atoms. The number of carbonyl (C=O) groups is 5. The highest BCUT2D eigenvalue weighted by atomic mass is 32.2. The zero-order valence-electron chi connectivity index (χ0n) is 28.1. The quantitative estimate of drug-likeness (QED) is 0.0659. The number of hydrogen-bond donors (Lipinski definition) is 6. The summed E-state index contributed by atoms with van der Waals surface area (Å²) in [6.07, 6.45) is -5.04. The van der Waals surface area contributed by atoms with Crippen LogP contribution in [0.15, 0.2) is 91.0 Å². The van der Waals surface area contributed by atoms with Crippen LogP contribution < -0.4 is 22.9 Å². The summed E-state index contributed by atoms with van der Waals surface area (Å²) in [4.78, 5) is 55.4. The van der Waals surface area contributed by atoms with Crippen LogP contribution in [0.1, 0.15) is 42.9 Å². The van der Waals surface area contributed by atoms with Gasteiger partial charge in [-0.15, -0.1) is 11.8 Å². The van der Waals surface area contributed by atoms with Gasteiger partial charge in [-0.2, -0.15) is 38.4 Å². The molecule has 3 aromatic rings. The van der Waals surface area contributed by atoms with Crippen LogP contribution in [-0.4, -0.2) is 65.2 Å². The average Bonchev–Trinajstić information content (AvgIpc) is 3.13. The highest BCUT2D eigenvalue weighted by Crippen LogP contribution is 2.49. The number of thioether (sulfide) groups is 1. The van der Waals surface area contributed by atoms with Gasteiger partial charge in [0.15, 0.2) is 5.78 Å². The third-order valence-electron chi connectivity index (χ3n) is 7.56. The Labute approximate surface area is 311 Å². The van der Waals surface area contributed by atoms with Crippen molar-refractivity contribution < 1.29 is 37.1 Å².